The molecule has 0 heterocycles. The molecule has 0 atom stereocenters. The monoisotopic (exact) mass is 443 g/mol. The van der Waals surface area contributed by atoms with E-state index in [1.807, 2.05) is 0 Å². The summed E-state index contributed by atoms with van der Waals surface area (Å²) in [4.78, 5) is 4.79. The summed E-state index contributed by atoms with van der Waals surface area (Å²) in [5.74, 6) is 0.343. The normalized spacial score (nSPS) is 11.0. The fourth-order valence-corrected chi connectivity index (χ4v) is 3.54. The van der Waals surface area contributed by atoms with Gasteiger partial charge in [0.1, 0.15) is 22.1 Å². The van der Waals surface area contributed by atoms with Crippen molar-refractivity contribution in [2.45, 2.75) is 18.2 Å². The van der Waals surface area contributed by atoms with Gasteiger partial charge in [0.05, 0.1) is 20.3 Å². The van der Waals surface area contributed by atoms with E-state index in [4.69, 9.17) is 41.2 Å². The molecule has 2 aromatic carbocycles. The molecule has 0 unspecified atom stereocenters. The Bertz CT molecular complexity index is 968. The standard InChI is InChI=1S/C18H22ClN3O6S/c1-12-8-14(26-6-3-7-27-22-18(20)21)11-15(9-12)28-29(23,24)17-5-4-13(19)10-16(17)25-2/h4-5,8-11H,3,6-7H2,1-2H3,(H4,20,21,22). The number of hydroxylamine groups is 1. The van der Waals surface area contributed by atoms with Crippen LogP contribution in [0.2, 0.25) is 5.02 Å². The third-order valence-electron chi connectivity index (χ3n) is 3.47. The van der Waals surface area contributed by atoms with Crippen LogP contribution in [0.25, 0.3) is 0 Å². The Hall–Kier alpha value is -2.69. The summed E-state index contributed by atoms with van der Waals surface area (Å²) in [6.45, 7) is 2.37. The highest BCUT2D eigenvalue weighted by atomic mass is 35.5. The van der Waals surface area contributed by atoms with Crippen molar-refractivity contribution in [3.8, 4) is 17.2 Å². The Morgan fingerprint density at radius 1 is 1.17 bits per heavy atom. The van der Waals surface area contributed by atoms with Gasteiger partial charge in [0.2, 0.25) is 5.96 Å². The van der Waals surface area contributed by atoms with Gasteiger partial charge in [-0.25, -0.2) is 5.48 Å². The van der Waals surface area contributed by atoms with Crippen molar-refractivity contribution in [3.05, 3.63) is 47.0 Å². The molecule has 11 heteroatoms. The molecule has 4 N–H and O–H groups in total. The number of aryl methyl sites for hydroxylation is 1. The van der Waals surface area contributed by atoms with E-state index in [-0.39, 0.29) is 29.0 Å². The molecule has 0 saturated heterocycles. The maximum Gasteiger partial charge on any atom is 0.342 e. The Labute approximate surface area is 174 Å². The summed E-state index contributed by atoms with van der Waals surface area (Å²) in [6.07, 6.45) is 0.519. The lowest BCUT2D eigenvalue weighted by Gasteiger charge is -2.13. The molecule has 0 aliphatic carbocycles. The molecule has 0 fully saturated rings. The number of rotatable bonds is 10. The van der Waals surface area contributed by atoms with Crippen molar-refractivity contribution in [2.24, 2.45) is 5.73 Å². The number of hydrogen-bond acceptors (Lipinski definition) is 7. The number of guanidine groups is 1. The van der Waals surface area contributed by atoms with E-state index in [2.05, 4.69) is 5.48 Å². The third kappa shape index (κ3) is 7.00. The first kappa shape index (κ1) is 22.6. The van der Waals surface area contributed by atoms with Crippen molar-refractivity contribution < 1.29 is 26.9 Å². The lowest BCUT2D eigenvalue weighted by molar-refractivity contribution is 0.0733. The zero-order chi connectivity index (χ0) is 21.4. The van der Waals surface area contributed by atoms with Gasteiger partial charge in [-0.3, -0.25) is 10.2 Å². The van der Waals surface area contributed by atoms with Crippen LogP contribution in [0.15, 0.2) is 41.3 Å². The topological polar surface area (TPSA) is 133 Å². The predicted octanol–water partition coefficient (Wildman–Crippen LogP) is 2.61. The molecule has 2 rings (SSSR count). The van der Waals surface area contributed by atoms with Gasteiger partial charge in [0, 0.05) is 23.6 Å². The van der Waals surface area contributed by atoms with Crippen LogP contribution in [0.1, 0.15) is 12.0 Å². The average molecular weight is 444 g/mol. The van der Waals surface area contributed by atoms with Crippen LogP contribution in [0.4, 0.5) is 0 Å². The van der Waals surface area contributed by atoms with Gasteiger partial charge in [0.25, 0.3) is 0 Å². The molecular formula is C18H22ClN3O6S. The summed E-state index contributed by atoms with van der Waals surface area (Å²) in [5, 5.41) is 7.30. The van der Waals surface area contributed by atoms with Crippen molar-refractivity contribution in [3.63, 3.8) is 0 Å². The predicted molar refractivity (Wildman–Crippen MR) is 108 cm³/mol. The van der Waals surface area contributed by atoms with Gasteiger partial charge in [-0.15, -0.1) is 0 Å². The molecule has 0 radical (unpaired) electrons. The fraction of sp³-hybridized carbons (Fsp3) is 0.278. The van der Waals surface area contributed by atoms with E-state index < -0.39 is 10.1 Å². The number of benzene rings is 2. The van der Waals surface area contributed by atoms with Crippen molar-refractivity contribution >= 4 is 27.7 Å². The molecule has 0 aromatic heterocycles. The third-order valence-corrected chi connectivity index (χ3v) is 4.99. The fourth-order valence-electron chi connectivity index (χ4n) is 2.31. The molecule has 0 saturated carbocycles. The molecule has 0 aliphatic heterocycles. The zero-order valence-corrected chi connectivity index (χ0v) is 17.5. The van der Waals surface area contributed by atoms with Crippen LogP contribution in [0.5, 0.6) is 17.2 Å². The highest BCUT2D eigenvalue weighted by molar-refractivity contribution is 7.87. The number of nitrogens with one attached hydrogen (secondary N) is 2. The molecule has 158 valence electrons. The highest BCUT2D eigenvalue weighted by Gasteiger charge is 2.22. The first-order valence-electron chi connectivity index (χ1n) is 8.45. The van der Waals surface area contributed by atoms with Crippen molar-refractivity contribution in [1.29, 1.82) is 5.41 Å². The quantitative estimate of drug-likeness (QED) is 0.168. The van der Waals surface area contributed by atoms with Gasteiger partial charge >= 0.3 is 10.1 Å². The van der Waals surface area contributed by atoms with Crippen LogP contribution >= 0.6 is 11.6 Å². The summed E-state index contributed by atoms with van der Waals surface area (Å²) in [5.41, 5.74) is 8.06. The second-order valence-electron chi connectivity index (χ2n) is 5.88. The van der Waals surface area contributed by atoms with Gasteiger partial charge in [-0.1, -0.05) is 11.6 Å². The summed E-state index contributed by atoms with van der Waals surface area (Å²) in [7, 11) is -2.80. The molecule has 0 bridgehead atoms. The lowest BCUT2D eigenvalue weighted by Crippen LogP contribution is -2.30. The second-order valence-corrected chi connectivity index (χ2v) is 7.83. The van der Waals surface area contributed by atoms with Crippen LogP contribution < -0.4 is 24.9 Å². The molecule has 0 amide bonds. The minimum atomic E-state index is -4.15. The minimum absolute atomic E-state index is 0.0841. The number of hydrogen-bond donors (Lipinski definition) is 3. The van der Waals surface area contributed by atoms with Crippen molar-refractivity contribution in [1.82, 2.24) is 5.48 Å². The van der Waals surface area contributed by atoms with Crippen molar-refractivity contribution in [2.75, 3.05) is 20.3 Å². The van der Waals surface area contributed by atoms with E-state index in [1.54, 1.807) is 19.1 Å². The van der Waals surface area contributed by atoms with E-state index >= 15 is 0 Å². The molecule has 0 aliphatic rings. The second kappa shape index (κ2) is 10.2. The van der Waals surface area contributed by atoms with Crippen LogP contribution in [-0.2, 0) is 15.0 Å². The summed E-state index contributed by atoms with van der Waals surface area (Å²) >= 11 is 5.88. The van der Waals surface area contributed by atoms with E-state index in [9.17, 15) is 8.42 Å². The average Bonchev–Trinajstić information content (AvgIpc) is 2.63. The van der Waals surface area contributed by atoms with E-state index in [0.29, 0.717) is 23.8 Å². The maximum atomic E-state index is 12.7. The number of nitrogens with two attached hydrogens (primary N) is 1. The summed E-state index contributed by atoms with van der Waals surface area (Å²) in [6, 6.07) is 8.95. The van der Waals surface area contributed by atoms with Gasteiger partial charge in [-0.2, -0.15) is 8.42 Å². The SMILES string of the molecule is COc1cc(Cl)ccc1S(=O)(=O)Oc1cc(C)cc(OCCCONC(=N)N)c1. The molecule has 0 spiro atoms. The highest BCUT2D eigenvalue weighted by Crippen LogP contribution is 2.31. The Kier molecular flexibility index (Phi) is 7.94. The number of halogens is 1. The Morgan fingerprint density at radius 3 is 2.59 bits per heavy atom. The first-order valence-corrected chi connectivity index (χ1v) is 10.2. The molecule has 2 aromatic rings. The van der Waals surface area contributed by atoms with Crippen LogP contribution in [0, 0.1) is 12.3 Å². The Balaban J connectivity index is 2.06. The first-order chi connectivity index (χ1) is 13.7. The molecular weight excluding hydrogens is 422 g/mol. The smallest absolute Gasteiger partial charge is 0.342 e. The minimum Gasteiger partial charge on any atom is -0.495 e. The van der Waals surface area contributed by atoms with E-state index in [0.717, 1.165) is 5.56 Å². The van der Waals surface area contributed by atoms with Gasteiger partial charge in [0.15, 0.2) is 0 Å². The van der Waals surface area contributed by atoms with Crippen LogP contribution in [-0.4, -0.2) is 34.7 Å². The van der Waals surface area contributed by atoms with Gasteiger partial charge < -0.3 is 19.4 Å². The maximum absolute atomic E-state index is 12.7. The molecule has 9 nitrogen and oxygen atoms in total. The van der Waals surface area contributed by atoms with E-state index in [1.165, 1.54) is 31.4 Å². The zero-order valence-electron chi connectivity index (χ0n) is 15.9. The number of ether oxygens (including phenoxy) is 2. The van der Waals surface area contributed by atoms with Crippen LogP contribution in [0.3, 0.4) is 0 Å². The molecule has 29 heavy (non-hydrogen) atoms. The Morgan fingerprint density at radius 2 is 1.90 bits per heavy atom. The van der Waals surface area contributed by atoms with Gasteiger partial charge in [-0.05, 0) is 36.8 Å². The lowest BCUT2D eigenvalue weighted by atomic mass is 10.2. The largest absolute Gasteiger partial charge is 0.495 e. The summed E-state index contributed by atoms with van der Waals surface area (Å²) < 4.78 is 41.3. The number of methoxy groups -OCH3 is 1.